The molecular formula is C14H30N4. The van der Waals surface area contributed by atoms with Crippen molar-refractivity contribution in [1.29, 1.82) is 0 Å². The number of nitrogens with zero attached hydrogens (tertiary/aromatic N) is 2. The maximum Gasteiger partial charge on any atom is 0.0110 e. The third kappa shape index (κ3) is 5.22. The molecule has 0 saturated carbocycles. The molecule has 106 valence electrons. The molecule has 1 unspecified atom stereocenters. The Kier molecular flexibility index (Phi) is 6.41. The Morgan fingerprint density at radius 1 is 1.22 bits per heavy atom. The molecule has 2 aliphatic heterocycles. The summed E-state index contributed by atoms with van der Waals surface area (Å²) in [7, 11) is 2.22. The minimum absolute atomic E-state index is 0.863. The topological polar surface area (TPSA) is 30.5 Å². The van der Waals surface area contributed by atoms with E-state index in [0.717, 1.165) is 5.92 Å². The van der Waals surface area contributed by atoms with Crippen molar-refractivity contribution in [2.45, 2.75) is 19.3 Å². The zero-order valence-electron chi connectivity index (χ0n) is 12.0. The van der Waals surface area contributed by atoms with Gasteiger partial charge in [0.1, 0.15) is 0 Å². The van der Waals surface area contributed by atoms with E-state index in [9.17, 15) is 0 Å². The van der Waals surface area contributed by atoms with Crippen molar-refractivity contribution in [1.82, 2.24) is 20.4 Å². The Balaban J connectivity index is 1.43. The summed E-state index contributed by atoms with van der Waals surface area (Å²) in [5.74, 6) is 0.863. The lowest BCUT2D eigenvalue weighted by molar-refractivity contribution is 0.152. The largest absolute Gasteiger partial charge is 0.316 e. The van der Waals surface area contributed by atoms with Gasteiger partial charge in [-0.25, -0.2) is 0 Å². The lowest BCUT2D eigenvalue weighted by Crippen LogP contribution is -2.45. The van der Waals surface area contributed by atoms with Gasteiger partial charge in [0.15, 0.2) is 0 Å². The maximum atomic E-state index is 3.63. The Labute approximate surface area is 112 Å². The molecule has 2 heterocycles. The molecular weight excluding hydrogens is 224 g/mol. The van der Waals surface area contributed by atoms with E-state index in [1.54, 1.807) is 0 Å². The molecule has 2 fully saturated rings. The fourth-order valence-electron chi connectivity index (χ4n) is 2.90. The van der Waals surface area contributed by atoms with Gasteiger partial charge in [0.25, 0.3) is 0 Å². The molecule has 1 atom stereocenters. The van der Waals surface area contributed by atoms with Crippen molar-refractivity contribution in [3.63, 3.8) is 0 Å². The van der Waals surface area contributed by atoms with Gasteiger partial charge in [-0.3, -0.25) is 0 Å². The summed E-state index contributed by atoms with van der Waals surface area (Å²) in [4.78, 5) is 5.02. The normalized spacial score (nSPS) is 27.5. The monoisotopic (exact) mass is 254 g/mol. The van der Waals surface area contributed by atoms with Gasteiger partial charge in [-0.1, -0.05) is 0 Å². The van der Waals surface area contributed by atoms with Crippen molar-refractivity contribution in [3.05, 3.63) is 0 Å². The highest BCUT2D eigenvalue weighted by Crippen LogP contribution is 2.08. The van der Waals surface area contributed by atoms with Crippen LogP contribution in [0, 0.1) is 5.92 Å². The van der Waals surface area contributed by atoms with Crippen LogP contribution in [0.2, 0.25) is 0 Å². The first-order valence-electron chi connectivity index (χ1n) is 7.67. The summed E-state index contributed by atoms with van der Waals surface area (Å²) < 4.78 is 0. The predicted octanol–water partition coefficient (Wildman–Crippen LogP) is 0.213. The number of hydrogen-bond donors (Lipinski definition) is 2. The van der Waals surface area contributed by atoms with Crippen LogP contribution < -0.4 is 10.6 Å². The lowest BCUT2D eigenvalue weighted by Gasteiger charge is -2.32. The molecule has 0 bridgehead atoms. The first-order valence-corrected chi connectivity index (χ1v) is 7.67. The Bertz CT molecular complexity index is 208. The highest BCUT2D eigenvalue weighted by molar-refractivity contribution is 4.72. The highest BCUT2D eigenvalue weighted by Gasteiger charge is 2.13. The highest BCUT2D eigenvalue weighted by atomic mass is 15.2. The minimum Gasteiger partial charge on any atom is -0.316 e. The van der Waals surface area contributed by atoms with Gasteiger partial charge >= 0.3 is 0 Å². The van der Waals surface area contributed by atoms with Gasteiger partial charge in [-0.05, 0) is 65.0 Å². The van der Waals surface area contributed by atoms with Crippen LogP contribution >= 0.6 is 0 Å². The second kappa shape index (κ2) is 8.10. The fraction of sp³-hybridized carbons (Fsp3) is 1.00. The molecule has 0 aliphatic carbocycles. The second-order valence-corrected chi connectivity index (χ2v) is 5.91. The molecule has 0 aromatic carbocycles. The average Bonchev–Trinajstić information content (AvgIpc) is 2.42. The molecule has 0 spiro atoms. The number of nitrogens with one attached hydrogen (secondary N) is 2. The third-order valence-electron chi connectivity index (χ3n) is 4.26. The number of piperazine rings is 1. The predicted molar refractivity (Wildman–Crippen MR) is 77.0 cm³/mol. The van der Waals surface area contributed by atoms with Crippen LogP contribution in [-0.4, -0.2) is 75.8 Å². The van der Waals surface area contributed by atoms with Crippen molar-refractivity contribution in [2.75, 3.05) is 66.0 Å². The van der Waals surface area contributed by atoms with E-state index < -0.39 is 0 Å². The van der Waals surface area contributed by atoms with Crippen LogP contribution in [0.4, 0.5) is 0 Å². The standard InChI is InChI=1S/C14H30N4/c1-17-8-10-18(11-9-17)7-3-6-16-13-14-4-2-5-15-12-14/h14-16H,2-13H2,1H3. The van der Waals surface area contributed by atoms with Crippen LogP contribution in [0.25, 0.3) is 0 Å². The van der Waals surface area contributed by atoms with E-state index in [-0.39, 0.29) is 0 Å². The van der Waals surface area contributed by atoms with E-state index in [4.69, 9.17) is 0 Å². The Morgan fingerprint density at radius 2 is 2.06 bits per heavy atom. The van der Waals surface area contributed by atoms with Crippen LogP contribution in [-0.2, 0) is 0 Å². The van der Waals surface area contributed by atoms with Crippen molar-refractivity contribution in [3.8, 4) is 0 Å². The first kappa shape index (κ1) is 14.3. The van der Waals surface area contributed by atoms with Crippen molar-refractivity contribution in [2.24, 2.45) is 5.92 Å². The molecule has 0 radical (unpaired) electrons. The number of likely N-dealkylation sites (N-methyl/N-ethyl adjacent to an activating group) is 1. The molecule has 4 nitrogen and oxygen atoms in total. The summed E-state index contributed by atoms with van der Waals surface area (Å²) in [6.07, 6.45) is 4.05. The van der Waals surface area contributed by atoms with E-state index in [1.165, 1.54) is 78.2 Å². The smallest absolute Gasteiger partial charge is 0.0110 e. The molecule has 2 N–H and O–H groups in total. The van der Waals surface area contributed by atoms with Gasteiger partial charge in [0, 0.05) is 26.2 Å². The van der Waals surface area contributed by atoms with Crippen molar-refractivity contribution < 1.29 is 0 Å². The summed E-state index contributed by atoms with van der Waals surface area (Å²) in [6, 6.07) is 0. The van der Waals surface area contributed by atoms with E-state index in [1.807, 2.05) is 0 Å². The Hall–Kier alpha value is -0.160. The van der Waals surface area contributed by atoms with E-state index >= 15 is 0 Å². The number of piperidine rings is 1. The summed E-state index contributed by atoms with van der Waals surface area (Å²) >= 11 is 0. The zero-order valence-corrected chi connectivity index (χ0v) is 12.0. The van der Waals surface area contributed by atoms with Crippen LogP contribution in [0.3, 0.4) is 0 Å². The van der Waals surface area contributed by atoms with Gasteiger partial charge < -0.3 is 20.4 Å². The molecule has 0 aromatic heterocycles. The van der Waals surface area contributed by atoms with Crippen LogP contribution in [0.5, 0.6) is 0 Å². The van der Waals surface area contributed by atoms with Crippen LogP contribution in [0.1, 0.15) is 19.3 Å². The first-order chi connectivity index (χ1) is 8.84. The fourth-order valence-corrected chi connectivity index (χ4v) is 2.90. The van der Waals surface area contributed by atoms with E-state index in [2.05, 4.69) is 27.5 Å². The molecule has 2 saturated heterocycles. The maximum absolute atomic E-state index is 3.63. The summed E-state index contributed by atoms with van der Waals surface area (Å²) in [6.45, 7) is 11.1. The van der Waals surface area contributed by atoms with Gasteiger partial charge in [-0.2, -0.15) is 0 Å². The minimum atomic E-state index is 0.863. The molecule has 4 heteroatoms. The molecule has 18 heavy (non-hydrogen) atoms. The Morgan fingerprint density at radius 3 is 2.78 bits per heavy atom. The second-order valence-electron chi connectivity index (χ2n) is 5.91. The molecule has 0 aromatic rings. The van der Waals surface area contributed by atoms with Crippen molar-refractivity contribution >= 4 is 0 Å². The van der Waals surface area contributed by atoms with E-state index in [0.29, 0.717) is 0 Å². The average molecular weight is 254 g/mol. The molecule has 2 rings (SSSR count). The number of rotatable bonds is 6. The molecule has 2 aliphatic rings. The summed E-state index contributed by atoms with van der Waals surface area (Å²) in [5, 5.41) is 7.11. The van der Waals surface area contributed by atoms with Crippen LogP contribution in [0.15, 0.2) is 0 Å². The zero-order chi connectivity index (χ0) is 12.6. The quantitative estimate of drug-likeness (QED) is 0.664. The lowest BCUT2D eigenvalue weighted by atomic mass is 10.00. The third-order valence-corrected chi connectivity index (χ3v) is 4.26. The van der Waals surface area contributed by atoms with Gasteiger partial charge in [0.2, 0.25) is 0 Å². The number of hydrogen-bond acceptors (Lipinski definition) is 4. The summed E-state index contributed by atoms with van der Waals surface area (Å²) in [5.41, 5.74) is 0. The van der Waals surface area contributed by atoms with Gasteiger partial charge in [-0.15, -0.1) is 0 Å². The SMILES string of the molecule is CN1CCN(CCCNCC2CCCNC2)CC1. The van der Waals surface area contributed by atoms with Gasteiger partial charge in [0.05, 0.1) is 0 Å². The molecule has 0 amide bonds.